The third kappa shape index (κ3) is 3.51. The van der Waals surface area contributed by atoms with Crippen LogP contribution < -0.4 is 11.5 Å². The summed E-state index contributed by atoms with van der Waals surface area (Å²) in [5.41, 5.74) is 13.6. The van der Waals surface area contributed by atoms with Gasteiger partial charge < -0.3 is 11.5 Å². The molecule has 0 bridgehead atoms. The molecule has 0 aliphatic carbocycles. The van der Waals surface area contributed by atoms with Gasteiger partial charge in [0.25, 0.3) is 0 Å². The van der Waals surface area contributed by atoms with Crippen LogP contribution >= 0.6 is 0 Å². The molecule has 4 heterocycles. The Labute approximate surface area is 204 Å². The Hall–Kier alpha value is -0.0403. The zero-order chi connectivity index (χ0) is 13.7. The van der Waals surface area contributed by atoms with Crippen LogP contribution in [0.3, 0.4) is 0 Å². The van der Waals surface area contributed by atoms with E-state index < -0.39 is 0 Å². The molecule has 0 radical (unpaired) electrons. The molecular weight excluding hydrogens is 346 g/mol. The number of fused-ring (bicyclic) bond motifs is 2. The van der Waals surface area contributed by atoms with Crippen molar-refractivity contribution in [3.8, 4) is 0 Å². The van der Waals surface area contributed by atoms with Crippen LogP contribution in [0.5, 0.6) is 0 Å². The predicted octanol–water partition coefficient (Wildman–Crippen LogP) is -2.77. The first-order valence-corrected chi connectivity index (χ1v) is 5.63. The van der Waals surface area contributed by atoms with Gasteiger partial charge in [-0.05, 0) is 0 Å². The van der Waals surface area contributed by atoms with E-state index in [0.29, 0.717) is 34.0 Å². The van der Waals surface area contributed by atoms with Crippen molar-refractivity contribution >= 4 is 131 Å². The molecule has 10 nitrogen and oxygen atoms in total. The number of anilines is 2. The molecular formula is C10H12CaN10Na2. The van der Waals surface area contributed by atoms with Crippen LogP contribution in [0, 0.1) is 0 Å². The van der Waals surface area contributed by atoms with E-state index in [4.69, 9.17) is 11.5 Å². The molecule has 0 saturated carbocycles. The number of nitrogen functional groups attached to an aromatic ring is 2. The number of imidazole rings is 2. The van der Waals surface area contributed by atoms with E-state index in [0.717, 1.165) is 0 Å². The van der Waals surface area contributed by atoms with Crippen molar-refractivity contribution in [2.45, 2.75) is 0 Å². The van der Waals surface area contributed by atoms with Gasteiger partial charge in [0.2, 0.25) is 0 Å². The molecule has 4 aromatic heterocycles. The predicted molar refractivity (Wildman–Crippen MR) is 93.1 cm³/mol. The number of nitrogens with two attached hydrogens (primary N) is 2. The molecule has 0 aliphatic heterocycles. The van der Waals surface area contributed by atoms with E-state index in [9.17, 15) is 0 Å². The Morgan fingerprint density at radius 2 is 1.04 bits per heavy atom. The summed E-state index contributed by atoms with van der Waals surface area (Å²) in [6.45, 7) is 0. The standard InChI is InChI=1S/C10H8N10.Ca.2Na.4H/c11-7-5-9(15-1-13-7)19(3-17-5)20-4-18-6-8(12)14-2-16-10(6)20;;;;;;;/h1-4H,(H2,11,13,15)(H2,12,14,16);;;;;;;. The summed E-state index contributed by atoms with van der Waals surface area (Å²) in [5.74, 6) is 0.625. The van der Waals surface area contributed by atoms with Gasteiger partial charge in [-0.2, -0.15) is 0 Å². The quantitative estimate of drug-likeness (QED) is 0.349. The minimum absolute atomic E-state index is 0. The van der Waals surface area contributed by atoms with Crippen LogP contribution in [0.15, 0.2) is 25.3 Å². The summed E-state index contributed by atoms with van der Waals surface area (Å²) in [5, 5.41) is 0. The summed E-state index contributed by atoms with van der Waals surface area (Å²) in [7, 11) is 0. The molecule has 4 N–H and O–H groups in total. The Kier molecular flexibility index (Phi) is 7.64. The number of hydrogen-bond donors (Lipinski definition) is 2. The van der Waals surface area contributed by atoms with Crippen LogP contribution in [0.1, 0.15) is 0 Å². The summed E-state index contributed by atoms with van der Waals surface area (Å²) in [6, 6.07) is 0. The second-order valence-electron chi connectivity index (χ2n) is 4.04. The number of rotatable bonds is 1. The van der Waals surface area contributed by atoms with Crippen molar-refractivity contribution in [2.24, 2.45) is 0 Å². The summed E-state index contributed by atoms with van der Waals surface area (Å²) in [6.07, 6.45) is 5.88. The van der Waals surface area contributed by atoms with Gasteiger partial charge in [-0.15, -0.1) is 0 Å². The average Bonchev–Trinajstić information content (AvgIpc) is 3.03. The van der Waals surface area contributed by atoms with Crippen LogP contribution in [-0.2, 0) is 0 Å². The van der Waals surface area contributed by atoms with E-state index in [-0.39, 0.29) is 96.9 Å². The Morgan fingerprint density at radius 3 is 1.43 bits per heavy atom. The van der Waals surface area contributed by atoms with Gasteiger partial charge in [0.05, 0.1) is 0 Å². The Morgan fingerprint density at radius 1 is 0.652 bits per heavy atom. The second-order valence-corrected chi connectivity index (χ2v) is 4.04. The van der Waals surface area contributed by atoms with Crippen LogP contribution in [0.4, 0.5) is 11.6 Å². The molecule has 13 heteroatoms. The van der Waals surface area contributed by atoms with E-state index in [2.05, 4.69) is 29.9 Å². The van der Waals surface area contributed by atoms with Crippen LogP contribution in [0.25, 0.3) is 22.3 Å². The molecule has 0 amide bonds. The zero-order valence-electron chi connectivity index (χ0n) is 10.0. The Bertz CT molecular complexity index is 873. The number of hydrogen-bond acceptors (Lipinski definition) is 8. The van der Waals surface area contributed by atoms with Crippen molar-refractivity contribution in [1.82, 2.24) is 39.3 Å². The summed E-state index contributed by atoms with van der Waals surface area (Å²) in [4.78, 5) is 24.5. The van der Waals surface area contributed by atoms with Crippen LogP contribution in [-0.4, -0.2) is 136 Å². The molecule has 23 heavy (non-hydrogen) atoms. The van der Waals surface area contributed by atoms with Gasteiger partial charge >= 0.3 is 96.9 Å². The number of nitrogens with zero attached hydrogens (tertiary/aromatic N) is 8. The van der Waals surface area contributed by atoms with Gasteiger partial charge in [0.15, 0.2) is 34.0 Å². The fraction of sp³-hybridized carbons (Fsp3) is 0. The fourth-order valence-corrected chi connectivity index (χ4v) is 2.00. The molecule has 4 aromatic rings. The van der Waals surface area contributed by atoms with Gasteiger partial charge in [-0.3, -0.25) is 0 Å². The average molecular weight is 358 g/mol. The van der Waals surface area contributed by atoms with Crippen molar-refractivity contribution in [2.75, 3.05) is 11.5 Å². The first kappa shape index (κ1) is 21.0. The fourth-order valence-electron chi connectivity index (χ4n) is 2.00. The molecule has 0 fully saturated rings. The van der Waals surface area contributed by atoms with Gasteiger partial charge in [0, 0.05) is 0 Å². The SMILES string of the molecule is Nc1ncnc2c1ncn2-n1cnc2c(N)ncnc21.[CaH2].[NaH].[NaH]. The molecule has 0 spiro atoms. The van der Waals surface area contributed by atoms with Crippen LogP contribution in [0.2, 0.25) is 0 Å². The van der Waals surface area contributed by atoms with Crippen molar-refractivity contribution < 1.29 is 0 Å². The molecule has 106 valence electrons. The molecule has 0 aromatic carbocycles. The second kappa shape index (κ2) is 8.37. The van der Waals surface area contributed by atoms with E-state index in [1.807, 2.05) is 0 Å². The monoisotopic (exact) mass is 358 g/mol. The third-order valence-electron chi connectivity index (χ3n) is 2.92. The van der Waals surface area contributed by atoms with Gasteiger partial charge in [0.1, 0.15) is 25.3 Å². The molecule has 0 saturated heterocycles. The normalized spacial score (nSPS) is 9.91. The topological polar surface area (TPSA) is 139 Å². The minimum atomic E-state index is 0. The first-order valence-electron chi connectivity index (χ1n) is 5.63. The summed E-state index contributed by atoms with van der Waals surface area (Å²) >= 11 is 0. The third-order valence-corrected chi connectivity index (χ3v) is 2.92. The zero-order valence-corrected chi connectivity index (χ0v) is 10.0. The molecule has 0 unspecified atom stereocenters. The maximum absolute atomic E-state index is 5.76. The van der Waals surface area contributed by atoms with Crippen molar-refractivity contribution in [1.29, 1.82) is 0 Å². The first-order chi connectivity index (χ1) is 9.75. The van der Waals surface area contributed by atoms with Gasteiger partial charge in [-0.1, -0.05) is 0 Å². The molecule has 0 aliphatic rings. The maximum atomic E-state index is 5.76. The Balaban J connectivity index is 0.000000882. The van der Waals surface area contributed by atoms with Gasteiger partial charge in [-0.25, -0.2) is 39.3 Å². The van der Waals surface area contributed by atoms with E-state index in [1.165, 1.54) is 12.7 Å². The van der Waals surface area contributed by atoms with Crippen molar-refractivity contribution in [3.63, 3.8) is 0 Å². The molecule has 4 rings (SSSR count). The number of aromatic nitrogens is 8. The molecule has 0 atom stereocenters. The van der Waals surface area contributed by atoms with E-state index >= 15 is 0 Å². The summed E-state index contributed by atoms with van der Waals surface area (Å²) < 4.78 is 3.32. The van der Waals surface area contributed by atoms with Crippen molar-refractivity contribution in [3.05, 3.63) is 25.3 Å². The van der Waals surface area contributed by atoms with E-state index in [1.54, 1.807) is 22.0 Å².